The van der Waals surface area contributed by atoms with E-state index >= 15 is 0 Å². The first-order valence-corrected chi connectivity index (χ1v) is 3.86. The van der Waals surface area contributed by atoms with Crippen molar-refractivity contribution in [1.82, 2.24) is 10.6 Å². The average molecular weight is 195 g/mol. The molecule has 1 heterocycles. The zero-order valence-electron chi connectivity index (χ0n) is 7.13. The summed E-state index contributed by atoms with van der Waals surface area (Å²) in [6.45, 7) is 2.39. The van der Waals surface area contributed by atoms with Crippen LogP contribution in [0.25, 0.3) is 0 Å². The molecule has 0 aromatic heterocycles. The van der Waals surface area contributed by atoms with E-state index in [0.29, 0.717) is 13.0 Å². The predicted molar refractivity (Wildman–Crippen MR) is 48.5 cm³/mol. The van der Waals surface area contributed by atoms with Gasteiger partial charge in [-0.15, -0.1) is 12.4 Å². The first-order valence-electron chi connectivity index (χ1n) is 3.86. The molecule has 0 saturated carbocycles. The molecule has 0 aromatic rings. The van der Waals surface area contributed by atoms with Crippen molar-refractivity contribution in [2.75, 3.05) is 26.7 Å². The lowest BCUT2D eigenvalue weighted by Gasteiger charge is -2.22. The Bertz CT molecular complexity index is 137. The molecule has 4 nitrogen and oxygen atoms in total. The summed E-state index contributed by atoms with van der Waals surface area (Å²) in [5.41, 5.74) is 0. The molecule has 1 rings (SSSR count). The van der Waals surface area contributed by atoms with E-state index < -0.39 is 0 Å². The highest BCUT2D eigenvalue weighted by molar-refractivity contribution is 5.85. The van der Waals surface area contributed by atoms with Gasteiger partial charge in [-0.05, 0) is 0 Å². The van der Waals surface area contributed by atoms with Gasteiger partial charge in [-0.2, -0.15) is 0 Å². The van der Waals surface area contributed by atoms with Gasteiger partial charge in [0.05, 0.1) is 19.1 Å². The second kappa shape index (κ2) is 6.22. The van der Waals surface area contributed by atoms with Crippen molar-refractivity contribution in [2.45, 2.75) is 12.5 Å². The third kappa shape index (κ3) is 3.90. The van der Waals surface area contributed by atoms with E-state index in [1.165, 1.54) is 0 Å². The Morgan fingerprint density at radius 1 is 1.75 bits per heavy atom. The molecule has 0 aromatic carbocycles. The van der Waals surface area contributed by atoms with E-state index in [2.05, 4.69) is 10.6 Å². The molecule has 0 spiro atoms. The van der Waals surface area contributed by atoms with Crippen molar-refractivity contribution in [3.63, 3.8) is 0 Å². The minimum absolute atomic E-state index is 0. The number of hydrogen-bond acceptors (Lipinski definition) is 3. The fourth-order valence-electron chi connectivity index (χ4n) is 1.06. The van der Waals surface area contributed by atoms with E-state index in [0.717, 1.165) is 13.1 Å². The van der Waals surface area contributed by atoms with E-state index in [-0.39, 0.29) is 24.4 Å². The first kappa shape index (κ1) is 11.7. The van der Waals surface area contributed by atoms with Gasteiger partial charge in [0.25, 0.3) is 0 Å². The Kier molecular flexibility index (Phi) is 6.06. The molecule has 1 unspecified atom stereocenters. The number of hydrogen-bond donors (Lipinski definition) is 2. The molecule has 1 atom stereocenters. The summed E-state index contributed by atoms with van der Waals surface area (Å²) in [5.74, 6) is 0.0405. The lowest BCUT2D eigenvalue weighted by atomic mass is 10.2. The molecule has 12 heavy (non-hydrogen) atoms. The van der Waals surface area contributed by atoms with Crippen LogP contribution in [0.3, 0.4) is 0 Å². The minimum atomic E-state index is 0. The molecule has 1 saturated heterocycles. The highest BCUT2D eigenvalue weighted by atomic mass is 35.5. The van der Waals surface area contributed by atoms with Gasteiger partial charge < -0.3 is 15.4 Å². The Balaban J connectivity index is 0.00000121. The van der Waals surface area contributed by atoms with Crippen LogP contribution in [-0.2, 0) is 9.53 Å². The van der Waals surface area contributed by atoms with Gasteiger partial charge in [0.2, 0.25) is 5.91 Å². The molecular weight excluding hydrogens is 180 g/mol. The number of rotatable bonds is 2. The number of amides is 1. The third-order valence-electron chi connectivity index (χ3n) is 1.70. The van der Waals surface area contributed by atoms with Crippen LogP contribution >= 0.6 is 12.4 Å². The van der Waals surface area contributed by atoms with Crippen molar-refractivity contribution >= 4 is 18.3 Å². The van der Waals surface area contributed by atoms with Gasteiger partial charge in [0.1, 0.15) is 0 Å². The second-order valence-electron chi connectivity index (χ2n) is 2.57. The predicted octanol–water partition coefficient (Wildman–Crippen LogP) is -0.467. The summed E-state index contributed by atoms with van der Waals surface area (Å²) >= 11 is 0. The first-order chi connectivity index (χ1) is 5.33. The molecule has 5 heteroatoms. The van der Waals surface area contributed by atoms with Crippen LogP contribution in [-0.4, -0.2) is 38.8 Å². The summed E-state index contributed by atoms with van der Waals surface area (Å²) in [7, 11) is 1.64. The van der Waals surface area contributed by atoms with Gasteiger partial charge >= 0.3 is 0 Å². The third-order valence-corrected chi connectivity index (χ3v) is 1.70. The summed E-state index contributed by atoms with van der Waals surface area (Å²) < 4.78 is 5.33. The normalized spacial score (nSPS) is 22.6. The van der Waals surface area contributed by atoms with Gasteiger partial charge in [0.15, 0.2) is 0 Å². The molecule has 1 aliphatic rings. The summed E-state index contributed by atoms with van der Waals surface area (Å²) in [5, 5.41) is 5.72. The lowest BCUT2D eigenvalue weighted by molar-refractivity contribution is -0.123. The number of halogens is 1. The minimum Gasteiger partial charge on any atom is -0.375 e. The molecule has 0 bridgehead atoms. The Morgan fingerprint density at radius 3 is 3.00 bits per heavy atom. The molecule has 1 aliphatic heterocycles. The number of morpholine rings is 1. The SMILES string of the molecule is CNC(=O)CC1CNCCO1.Cl. The topological polar surface area (TPSA) is 50.4 Å². The van der Waals surface area contributed by atoms with Gasteiger partial charge in [-0.1, -0.05) is 0 Å². The van der Waals surface area contributed by atoms with Crippen LogP contribution in [0.15, 0.2) is 0 Å². The molecule has 2 N–H and O–H groups in total. The Hall–Kier alpha value is -0.320. The Labute approximate surface area is 78.5 Å². The summed E-state index contributed by atoms with van der Waals surface area (Å²) in [4.78, 5) is 10.9. The fourth-order valence-corrected chi connectivity index (χ4v) is 1.06. The molecule has 1 amide bonds. The molecule has 72 valence electrons. The largest absolute Gasteiger partial charge is 0.375 e. The fraction of sp³-hybridized carbons (Fsp3) is 0.857. The van der Waals surface area contributed by atoms with Crippen molar-refractivity contribution in [1.29, 1.82) is 0 Å². The number of carbonyl (C=O) groups excluding carboxylic acids is 1. The number of ether oxygens (including phenoxy) is 1. The van der Waals surface area contributed by atoms with Crippen molar-refractivity contribution < 1.29 is 9.53 Å². The average Bonchev–Trinajstić information content (AvgIpc) is 2.06. The van der Waals surface area contributed by atoms with Crippen LogP contribution in [0, 0.1) is 0 Å². The smallest absolute Gasteiger partial charge is 0.222 e. The van der Waals surface area contributed by atoms with Crippen molar-refractivity contribution in [3.8, 4) is 0 Å². The highest BCUT2D eigenvalue weighted by Gasteiger charge is 2.15. The zero-order chi connectivity index (χ0) is 8.10. The number of nitrogens with one attached hydrogen (secondary N) is 2. The van der Waals surface area contributed by atoms with Gasteiger partial charge in [0, 0.05) is 20.1 Å². The summed E-state index contributed by atoms with van der Waals surface area (Å²) in [6, 6.07) is 0. The summed E-state index contributed by atoms with van der Waals surface area (Å²) in [6.07, 6.45) is 0.521. The van der Waals surface area contributed by atoms with Crippen LogP contribution in [0.1, 0.15) is 6.42 Å². The number of carbonyl (C=O) groups is 1. The van der Waals surface area contributed by atoms with Gasteiger partial charge in [-0.25, -0.2) is 0 Å². The molecular formula is C7H15ClN2O2. The van der Waals surface area contributed by atoms with Gasteiger partial charge in [-0.3, -0.25) is 4.79 Å². The quantitative estimate of drug-likeness (QED) is 0.625. The van der Waals surface area contributed by atoms with E-state index in [4.69, 9.17) is 4.74 Å². The van der Waals surface area contributed by atoms with Crippen LogP contribution < -0.4 is 10.6 Å². The van der Waals surface area contributed by atoms with Crippen molar-refractivity contribution in [2.24, 2.45) is 0 Å². The van der Waals surface area contributed by atoms with Crippen LogP contribution in [0.4, 0.5) is 0 Å². The van der Waals surface area contributed by atoms with Crippen molar-refractivity contribution in [3.05, 3.63) is 0 Å². The second-order valence-corrected chi connectivity index (χ2v) is 2.57. The molecule has 0 radical (unpaired) electrons. The lowest BCUT2D eigenvalue weighted by Crippen LogP contribution is -2.40. The maximum Gasteiger partial charge on any atom is 0.222 e. The maximum absolute atomic E-state index is 10.9. The van der Waals surface area contributed by atoms with Crippen LogP contribution in [0.5, 0.6) is 0 Å². The van der Waals surface area contributed by atoms with Crippen LogP contribution in [0.2, 0.25) is 0 Å². The molecule has 1 fully saturated rings. The van der Waals surface area contributed by atoms with E-state index in [1.807, 2.05) is 0 Å². The zero-order valence-corrected chi connectivity index (χ0v) is 7.95. The Morgan fingerprint density at radius 2 is 2.50 bits per heavy atom. The highest BCUT2D eigenvalue weighted by Crippen LogP contribution is 2.00. The standard InChI is InChI=1S/C7H14N2O2.ClH/c1-8-7(10)4-6-5-9-2-3-11-6;/h6,9H,2-5H2,1H3,(H,8,10);1H. The maximum atomic E-state index is 10.9. The van der Waals surface area contributed by atoms with E-state index in [1.54, 1.807) is 7.05 Å². The monoisotopic (exact) mass is 194 g/mol. The molecule has 0 aliphatic carbocycles. The van der Waals surface area contributed by atoms with E-state index in [9.17, 15) is 4.79 Å².